The van der Waals surface area contributed by atoms with Crippen molar-refractivity contribution in [2.75, 3.05) is 14.1 Å². The van der Waals surface area contributed by atoms with E-state index in [1.54, 1.807) is 37.9 Å². The van der Waals surface area contributed by atoms with Gasteiger partial charge < -0.3 is 4.90 Å². The Labute approximate surface area is 189 Å². The zero-order valence-corrected chi connectivity index (χ0v) is 19.4. The predicted molar refractivity (Wildman–Crippen MR) is 123 cm³/mol. The number of amides is 1. The summed E-state index contributed by atoms with van der Waals surface area (Å²) in [5.74, 6) is -0.623. The Morgan fingerprint density at radius 2 is 1.34 bits per heavy atom. The van der Waals surface area contributed by atoms with E-state index >= 15 is 0 Å². The molecule has 0 radical (unpaired) electrons. The van der Waals surface area contributed by atoms with Crippen LogP contribution in [0.25, 0.3) is 0 Å². The third-order valence-electron chi connectivity index (χ3n) is 5.51. The van der Waals surface area contributed by atoms with Crippen LogP contribution in [-0.4, -0.2) is 43.7 Å². The number of halogens is 1. The van der Waals surface area contributed by atoms with Crippen LogP contribution in [0.15, 0.2) is 83.8 Å². The van der Waals surface area contributed by atoms with Gasteiger partial charge in [0, 0.05) is 25.7 Å². The summed E-state index contributed by atoms with van der Waals surface area (Å²) in [6, 6.07) is 20.9. The summed E-state index contributed by atoms with van der Waals surface area (Å²) >= 11 is 0. The minimum atomic E-state index is -3.63. The minimum Gasteiger partial charge on any atom is -0.331 e. The van der Waals surface area contributed by atoms with Crippen molar-refractivity contribution in [1.29, 1.82) is 0 Å². The molecular weight excluding hydrogens is 427 g/mol. The fraction of sp³-hybridized carbons (Fsp3) is 0.240. The quantitative estimate of drug-likeness (QED) is 0.519. The SMILES string of the molecule is CC(C)N(C)S(=O)(=O)c1ccc(C(=O)N(C)C(c2ccccc2)c2ccc(F)cc2)cc1. The van der Waals surface area contributed by atoms with Gasteiger partial charge in [-0.05, 0) is 61.4 Å². The smallest absolute Gasteiger partial charge is 0.254 e. The van der Waals surface area contributed by atoms with E-state index in [1.807, 2.05) is 30.3 Å². The lowest BCUT2D eigenvalue weighted by molar-refractivity contribution is 0.0755. The highest BCUT2D eigenvalue weighted by molar-refractivity contribution is 7.89. The fourth-order valence-corrected chi connectivity index (χ4v) is 4.82. The van der Waals surface area contributed by atoms with Gasteiger partial charge in [-0.2, -0.15) is 4.31 Å². The number of sulfonamides is 1. The first kappa shape index (κ1) is 23.6. The third-order valence-corrected chi connectivity index (χ3v) is 7.56. The van der Waals surface area contributed by atoms with E-state index in [4.69, 9.17) is 0 Å². The maximum absolute atomic E-state index is 13.5. The highest BCUT2D eigenvalue weighted by Gasteiger charge is 2.26. The molecule has 0 heterocycles. The summed E-state index contributed by atoms with van der Waals surface area (Å²) in [7, 11) is -0.426. The van der Waals surface area contributed by atoms with Gasteiger partial charge >= 0.3 is 0 Å². The monoisotopic (exact) mass is 454 g/mol. The molecule has 32 heavy (non-hydrogen) atoms. The molecule has 0 saturated heterocycles. The van der Waals surface area contributed by atoms with Crippen molar-refractivity contribution in [2.45, 2.75) is 30.8 Å². The summed E-state index contributed by atoms with van der Waals surface area (Å²) in [6.45, 7) is 3.59. The molecular formula is C25H27FN2O3S. The molecule has 3 rings (SSSR count). The first-order valence-corrected chi connectivity index (χ1v) is 11.7. The average molecular weight is 455 g/mol. The van der Waals surface area contributed by atoms with Gasteiger partial charge in [-0.15, -0.1) is 0 Å². The molecule has 1 unspecified atom stereocenters. The number of nitrogens with zero attached hydrogens (tertiary/aromatic N) is 2. The Bertz CT molecular complexity index is 1160. The van der Waals surface area contributed by atoms with Crippen molar-refractivity contribution in [3.63, 3.8) is 0 Å². The molecule has 0 N–H and O–H groups in total. The van der Waals surface area contributed by atoms with E-state index in [0.29, 0.717) is 5.56 Å². The molecule has 0 aliphatic carbocycles. The number of carbonyl (C=O) groups excluding carboxylic acids is 1. The first-order chi connectivity index (χ1) is 15.1. The van der Waals surface area contributed by atoms with Crippen molar-refractivity contribution >= 4 is 15.9 Å². The Kier molecular flexibility index (Phi) is 7.11. The van der Waals surface area contributed by atoms with E-state index in [1.165, 1.54) is 47.8 Å². The molecule has 3 aromatic rings. The molecule has 0 aliphatic heterocycles. The van der Waals surface area contributed by atoms with Gasteiger partial charge in [0.05, 0.1) is 10.9 Å². The predicted octanol–water partition coefficient (Wildman–Crippen LogP) is 4.72. The second-order valence-electron chi connectivity index (χ2n) is 7.92. The summed E-state index contributed by atoms with van der Waals surface area (Å²) in [5, 5.41) is 0. The van der Waals surface area contributed by atoms with E-state index in [2.05, 4.69) is 0 Å². The van der Waals surface area contributed by atoms with Crippen LogP contribution < -0.4 is 0 Å². The van der Waals surface area contributed by atoms with Gasteiger partial charge in [-0.3, -0.25) is 4.79 Å². The van der Waals surface area contributed by atoms with Gasteiger partial charge in [0.15, 0.2) is 0 Å². The van der Waals surface area contributed by atoms with E-state index in [0.717, 1.165) is 11.1 Å². The first-order valence-electron chi connectivity index (χ1n) is 10.3. The van der Waals surface area contributed by atoms with Crippen LogP contribution in [0.3, 0.4) is 0 Å². The lowest BCUT2D eigenvalue weighted by Crippen LogP contribution is -2.33. The van der Waals surface area contributed by atoms with Crippen LogP contribution in [0.1, 0.15) is 41.4 Å². The number of benzene rings is 3. The van der Waals surface area contributed by atoms with Crippen molar-refractivity contribution < 1.29 is 17.6 Å². The van der Waals surface area contributed by atoms with Crippen LogP contribution in [-0.2, 0) is 10.0 Å². The van der Waals surface area contributed by atoms with Crippen molar-refractivity contribution in [1.82, 2.24) is 9.21 Å². The molecule has 0 fully saturated rings. The molecule has 0 aliphatic rings. The summed E-state index contributed by atoms with van der Waals surface area (Å²) in [4.78, 5) is 15.0. The standard InChI is InChI=1S/C25H27FN2O3S/c1-18(2)28(4)32(30,31)23-16-12-21(13-17-23)25(29)27(3)24(19-8-6-5-7-9-19)20-10-14-22(26)15-11-20/h5-18,24H,1-4H3. The van der Waals surface area contributed by atoms with E-state index < -0.39 is 16.1 Å². The zero-order valence-electron chi connectivity index (χ0n) is 18.6. The van der Waals surface area contributed by atoms with Crippen LogP contribution >= 0.6 is 0 Å². The molecule has 0 spiro atoms. The molecule has 1 atom stereocenters. The Morgan fingerprint density at radius 1 is 0.812 bits per heavy atom. The van der Waals surface area contributed by atoms with E-state index in [9.17, 15) is 17.6 Å². The summed E-state index contributed by atoms with van der Waals surface area (Å²) in [6.07, 6.45) is 0. The Morgan fingerprint density at radius 3 is 1.88 bits per heavy atom. The molecule has 0 bridgehead atoms. The normalized spacial score (nSPS) is 12.7. The second kappa shape index (κ2) is 9.63. The average Bonchev–Trinajstić information content (AvgIpc) is 2.80. The third kappa shape index (κ3) is 4.89. The molecule has 3 aromatic carbocycles. The molecule has 168 valence electrons. The summed E-state index contributed by atoms with van der Waals surface area (Å²) < 4.78 is 40.2. The van der Waals surface area contributed by atoms with Gasteiger partial charge in [0.25, 0.3) is 5.91 Å². The topological polar surface area (TPSA) is 57.7 Å². The summed E-state index contributed by atoms with van der Waals surface area (Å²) in [5.41, 5.74) is 2.01. The van der Waals surface area contributed by atoms with Gasteiger partial charge in [0.2, 0.25) is 10.0 Å². The minimum absolute atomic E-state index is 0.131. The molecule has 7 heteroatoms. The lowest BCUT2D eigenvalue weighted by Gasteiger charge is -2.29. The highest BCUT2D eigenvalue weighted by Crippen LogP contribution is 2.29. The Hall–Kier alpha value is -3.03. The number of rotatable bonds is 7. The van der Waals surface area contributed by atoms with Gasteiger partial charge in [0.1, 0.15) is 5.82 Å². The van der Waals surface area contributed by atoms with Crippen LogP contribution in [0.5, 0.6) is 0 Å². The molecule has 5 nitrogen and oxygen atoms in total. The van der Waals surface area contributed by atoms with Crippen molar-refractivity contribution in [3.8, 4) is 0 Å². The maximum atomic E-state index is 13.5. The highest BCUT2D eigenvalue weighted by atomic mass is 32.2. The van der Waals surface area contributed by atoms with Crippen LogP contribution in [0.4, 0.5) is 4.39 Å². The van der Waals surface area contributed by atoms with Crippen molar-refractivity contribution in [3.05, 3.63) is 101 Å². The van der Waals surface area contributed by atoms with Crippen molar-refractivity contribution in [2.24, 2.45) is 0 Å². The second-order valence-corrected chi connectivity index (χ2v) is 9.92. The lowest BCUT2D eigenvalue weighted by atomic mass is 9.96. The number of carbonyl (C=O) groups is 1. The van der Waals surface area contributed by atoms with Crippen LogP contribution in [0, 0.1) is 5.82 Å². The largest absolute Gasteiger partial charge is 0.331 e. The maximum Gasteiger partial charge on any atom is 0.254 e. The molecule has 0 saturated carbocycles. The van der Waals surface area contributed by atoms with Crippen LogP contribution in [0.2, 0.25) is 0 Å². The zero-order chi connectivity index (χ0) is 23.5. The number of hydrogen-bond donors (Lipinski definition) is 0. The Balaban J connectivity index is 1.93. The fourth-order valence-electron chi connectivity index (χ4n) is 3.45. The van der Waals surface area contributed by atoms with Gasteiger partial charge in [-0.1, -0.05) is 42.5 Å². The van der Waals surface area contributed by atoms with Gasteiger partial charge in [-0.25, -0.2) is 12.8 Å². The molecule has 0 aromatic heterocycles. The number of hydrogen-bond acceptors (Lipinski definition) is 3. The van der Waals surface area contributed by atoms with E-state index in [-0.39, 0.29) is 22.7 Å². The molecule has 1 amide bonds.